The number of phenols is 1. The van der Waals surface area contributed by atoms with E-state index in [2.05, 4.69) is 25.6 Å². The monoisotopic (exact) mass is 668 g/mol. The lowest BCUT2D eigenvalue weighted by molar-refractivity contribution is -0.122. The van der Waals surface area contributed by atoms with Crippen LogP contribution in [0.3, 0.4) is 0 Å². The zero-order chi connectivity index (χ0) is 34.0. The van der Waals surface area contributed by atoms with Gasteiger partial charge < -0.3 is 19.1 Å². The van der Waals surface area contributed by atoms with Gasteiger partial charge in [0.1, 0.15) is 30.5 Å². The molecule has 2 heterocycles. The Morgan fingerprint density at radius 1 is 0.857 bits per heavy atom. The molecule has 1 fully saturated rings. The van der Waals surface area contributed by atoms with Gasteiger partial charge in [0.25, 0.3) is 5.91 Å². The van der Waals surface area contributed by atoms with Crippen molar-refractivity contribution in [3.63, 3.8) is 0 Å². The Kier molecular flexibility index (Phi) is 10.8. The van der Waals surface area contributed by atoms with Crippen LogP contribution >= 0.6 is 0 Å². The third kappa shape index (κ3) is 9.46. The maximum atomic E-state index is 13.4. The van der Waals surface area contributed by atoms with Crippen LogP contribution in [0.2, 0.25) is 0 Å². The van der Waals surface area contributed by atoms with Gasteiger partial charge in [-0.2, -0.15) is 10.1 Å². The number of aromatic nitrogens is 2. The summed E-state index contributed by atoms with van der Waals surface area (Å²) >= 11 is 0. The highest BCUT2D eigenvalue weighted by atomic mass is 19.2. The molecule has 6 rings (SSSR count). The van der Waals surface area contributed by atoms with E-state index >= 15 is 0 Å². The molecule has 5 aromatic rings. The molecular weight excluding hydrogens is 634 g/mol. The highest BCUT2D eigenvalue weighted by Crippen LogP contribution is 2.24. The number of amides is 1. The highest BCUT2D eigenvalue weighted by Gasteiger charge is 2.21. The molecule has 0 radical (unpaired) electrons. The second kappa shape index (κ2) is 16.0. The van der Waals surface area contributed by atoms with Crippen molar-refractivity contribution in [2.24, 2.45) is 5.10 Å². The molecule has 1 saturated heterocycles. The maximum Gasteiger partial charge on any atom is 0.254 e. The van der Waals surface area contributed by atoms with E-state index in [9.17, 15) is 18.7 Å². The van der Waals surface area contributed by atoms with E-state index in [1.807, 2.05) is 59.5 Å². The SMILES string of the molecule is O=C(CN1CCN(Cc2nc(-c3ccc(COc4ccc(F)c(F)c4)cc3)no2)CC1)NN=Cc1ccc(OCc2ccccc2)cc1O. The Morgan fingerprint density at radius 3 is 2.24 bits per heavy atom. The minimum Gasteiger partial charge on any atom is -0.507 e. The number of ether oxygens (including phenoxy) is 2. The Hall–Kier alpha value is -5.66. The van der Waals surface area contributed by atoms with Gasteiger partial charge in [-0.3, -0.25) is 14.6 Å². The number of hydrazone groups is 1. The third-order valence-corrected chi connectivity index (χ3v) is 7.81. The fourth-order valence-corrected chi connectivity index (χ4v) is 5.09. The normalized spacial score (nSPS) is 13.8. The van der Waals surface area contributed by atoms with Crippen LogP contribution in [-0.2, 0) is 24.6 Å². The van der Waals surface area contributed by atoms with Crippen molar-refractivity contribution in [2.45, 2.75) is 19.8 Å². The van der Waals surface area contributed by atoms with Crippen LogP contribution in [0.15, 0.2) is 101 Å². The van der Waals surface area contributed by atoms with Crippen LogP contribution in [0, 0.1) is 11.6 Å². The molecule has 0 atom stereocenters. The first kappa shape index (κ1) is 33.2. The van der Waals surface area contributed by atoms with Crippen molar-refractivity contribution < 1.29 is 32.7 Å². The lowest BCUT2D eigenvalue weighted by Crippen LogP contribution is -2.48. The molecule has 13 heteroatoms. The highest BCUT2D eigenvalue weighted by molar-refractivity contribution is 5.85. The summed E-state index contributed by atoms with van der Waals surface area (Å²) in [5, 5.41) is 18.5. The molecule has 11 nitrogen and oxygen atoms in total. The number of piperazine rings is 1. The van der Waals surface area contributed by atoms with Crippen molar-refractivity contribution in [1.29, 1.82) is 0 Å². The number of benzene rings is 4. The van der Waals surface area contributed by atoms with Gasteiger partial charge in [-0.25, -0.2) is 14.2 Å². The number of nitrogens with one attached hydrogen (secondary N) is 1. The minimum absolute atomic E-state index is 0.00396. The van der Waals surface area contributed by atoms with Crippen LogP contribution in [0.4, 0.5) is 8.78 Å². The van der Waals surface area contributed by atoms with Crippen molar-refractivity contribution in [2.75, 3.05) is 32.7 Å². The number of aromatic hydroxyl groups is 1. The molecule has 1 aliphatic heterocycles. The molecule has 0 spiro atoms. The van der Waals surface area contributed by atoms with E-state index in [1.54, 1.807) is 12.1 Å². The van der Waals surface area contributed by atoms with Crippen LogP contribution in [0.1, 0.15) is 22.6 Å². The lowest BCUT2D eigenvalue weighted by atomic mass is 10.1. The number of hydrogen-bond acceptors (Lipinski definition) is 10. The van der Waals surface area contributed by atoms with Crippen LogP contribution in [-0.4, -0.2) is 69.9 Å². The Bertz CT molecular complexity index is 1880. The standard InChI is InChI=1S/C36H34F2N6O5/c37-31-13-12-29(18-32(31)38)47-24-26-6-8-27(9-7-26)36-40-35(49-42-36)22-44-16-14-43(15-17-44)21-34(46)41-39-20-28-10-11-30(19-33(28)45)48-23-25-4-2-1-3-5-25/h1-13,18-20,45H,14-17,21-24H2,(H,41,46). The summed E-state index contributed by atoms with van der Waals surface area (Å²) in [5.74, 6) is -0.426. The van der Waals surface area contributed by atoms with Crippen molar-refractivity contribution in [3.8, 4) is 28.6 Å². The zero-order valence-electron chi connectivity index (χ0n) is 26.5. The molecule has 0 aliphatic carbocycles. The third-order valence-electron chi connectivity index (χ3n) is 7.81. The van der Waals surface area contributed by atoms with E-state index in [0.717, 1.165) is 28.8 Å². The molecule has 0 unspecified atom stereocenters. The van der Waals surface area contributed by atoms with E-state index in [1.165, 1.54) is 18.3 Å². The van der Waals surface area contributed by atoms with Gasteiger partial charge in [-0.15, -0.1) is 0 Å². The summed E-state index contributed by atoms with van der Waals surface area (Å²) in [5.41, 5.74) is 5.61. The molecular formula is C36H34F2N6O5. The van der Waals surface area contributed by atoms with E-state index in [4.69, 9.17) is 14.0 Å². The minimum atomic E-state index is -0.959. The van der Waals surface area contributed by atoms with Crippen molar-refractivity contribution in [3.05, 3.63) is 125 Å². The van der Waals surface area contributed by atoms with Gasteiger partial charge in [0, 0.05) is 49.4 Å². The van der Waals surface area contributed by atoms with Gasteiger partial charge in [0.15, 0.2) is 11.6 Å². The molecule has 252 valence electrons. The first-order valence-corrected chi connectivity index (χ1v) is 15.6. The average molecular weight is 669 g/mol. The number of halogens is 2. The number of carbonyl (C=O) groups is 1. The summed E-state index contributed by atoms with van der Waals surface area (Å²) < 4.78 is 43.3. The largest absolute Gasteiger partial charge is 0.507 e. The summed E-state index contributed by atoms with van der Waals surface area (Å²) in [7, 11) is 0. The Balaban J connectivity index is 0.897. The van der Waals surface area contributed by atoms with E-state index in [-0.39, 0.29) is 30.6 Å². The Morgan fingerprint density at radius 2 is 1.53 bits per heavy atom. The fraction of sp³-hybridized carbons (Fsp3) is 0.222. The smallest absolute Gasteiger partial charge is 0.254 e. The number of carbonyl (C=O) groups excluding carboxylic acids is 1. The first-order chi connectivity index (χ1) is 23.9. The van der Waals surface area contributed by atoms with Crippen molar-refractivity contribution in [1.82, 2.24) is 25.4 Å². The van der Waals surface area contributed by atoms with Gasteiger partial charge in [0.2, 0.25) is 11.7 Å². The fourth-order valence-electron chi connectivity index (χ4n) is 5.09. The number of hydrogen-bond donors (Lipinski definition) is 2. The molecule has 0 saturated carbocycles. The topological polar surface area (TPSA) is 126 Å². The van der Waals surface area contributed by atoms with Gasteiger partial charge >= 0.3 is 0 Å². The number of nitrogens with zero attached hydrogens (tertiary/aromatic N) is 5. The van der Waals surface area contributed by atoms with E-state index < -0.39 is 11.6 Å². The summed E-state index contributed by atoms with van der Waals surface area (Å²) in [4.78, 5) is 21.2. The van der Waals surface area contributed by atoms with E-state index in [0.29, 0.717) is 62.4 Å². The lowest BCUT2D eigenvalue weighted by Gasteiger charge is -2.33. The maximum absolute atomic E-state index is 13.4. The second-order valence-corrected chi connectivity index (χ2v) is 11.4. The predicted octanol–water partition coefficient (Wildman–Crippen LogP) is 5.15. The quantitative estimate of drug-likeness (QED) is 0.130. The molecule has 1 aliphatic rings. The van der Waals surface area contributed by atoms with Crippen LogP contribution in [0.25, 0.3) is 11.4 Å². The predicted molar refractivity (Wildman–Crippen MR) is 177 cm³/mol. The van der Waals surface area contributed by atoms with Crippen LogP contribution in [0.5, 0.6) is 17.2 Å². The van der Waals surface area contributed by atoms with Gasteiger partial charge in [0.05, 0.1) is 19.3 Å². The molecule has 49 heavy (non-hydrogen) atoms. The molecule has 4 aromatic carbocycles. The summed E-state index contributed by atoms with van der Waals surface area (Å²) in [6.45, 7) is 4.04. The zero-order valence-corrected chi connectivity index (χ0v) is 26.5. The number of phenolic OH excluding ortho intramolecular Hbond substituents is 1. The number of rotatable bonds is 13. The summed E-state index contributed by atoms with van der Waals surface area (Å²) in [6.07, 6.45) is 1.40. The first-order valence-electron chi connectivity index (χ1n) is 15.6. The molecule has 1 aromatic heterocycles. The van der Waals surface area contributed by atoms with Crippen LogP contribution < -0.4 is 14.9 Å². The molecule has 1 amide bonds. The second-order valence-electron chi connectivity index (χ2n) is 11.4. The average Bonchev–Trinajstić information content (AvgIpc) is 3.58. The molecule has 2 N–H and O–H groups in total. The van der Waals surface area contributed by atoms with Crippen molar-refractivity contribution >= 4 is 12.1 Å². The summed E-state index contributed by atoms with van der Waals surface area (Å²) in [6, 6.07) is 25.4. The van der Waals surface area contributed by atoms with Gasteiger partial charge in [-0.05, 0) is 35.4 Å². The molecule has 0 bridgehead atoms. The Labute approximate surface area is 281 Å². The van der Waals surface area contributed by atoms with Gasteiger partial charge in [-0.1, -0.05) is 59.8 Å².